The Kier molecular flexibility index (Phi) is 6.19. The van der Waals surface area contributed by atoms with Crippen LogP contribution in [0, 0.1) is 5.92 Å². The molecule has 1 aromatic carbocycles. The van der Waals surface area contributed by atoms with Crippen molar-refractivity contribution in [1.29, 1.82) is 0 Å². The number of amides is 1. The van der Waals surface area contributed by atoms with Gasteiger partial charge in [0, 0.05) is 18.7 Å². The summed E-state index contributed by atoms with van der Waals surface area (Å²) in [6.45, 7) is 6.44. The minimum absolute atomic E-state index is 0.0351. The van der Waals surface area contributed by atoms with Crippen molar-refractivity contribution < 1.29 is 13.2 Å². The van der Waals surface area contributed by atoms with Crippen LogP contribution >= 0.6 is 11.3 Å². The zero-order valence-corrected chi connectivity index (χ0v) is 18.2. The third kappa shape index (κ3) is 4.97. The number of carbonyl (C=O) groups excluding carboxylic acids is 1. The van der Waals surface area contributed by atoms with Gasteiger partial charge in [-0.2, -0.15) is 0 Å². The SMILES string of the molecule is CC(C)(C)S(=O)(=O)CC1CCN(C(=O)Cc2nnc(-c3ccccc3)s2)CC1. The van der Waals surface area contributed by atoms with Gasteiger partial charge in [-0.25, -0.2) is 8.42 Å². The van der Waals surface area contributed by atoms with Crippen molar-refractivity contribution in [2.24, 2.45) is 5.92 Å². The number of aromatic nitrogens is 2. The molecule has 3 rings (SSSR count). The zero-order valence-electron chi connectivity index (χ0n) is 16.6. The smallest absolute Gasteiger partial charge is 0.229 e. The molecule has 1 aromatic heterocycles. The molecule has 0 aliphatic carbocycles. The van der Waals surface area contributed by atoms with E-state index in [0.29, 0.717) is 18.1 Å². The third-order valence-corrected chi connectivity index (χ3v) is 8.89. The lowest BCUT2D eigenvalue weighted by Crippen LogP contribution is -2.42. The molecule has 2 heterocycles. The van der Waals surface area contributed by atoms with Crippen molar-refractivity contribution >= 4 is 27.1 Å². The number of hydrogen-bond acceptors (Lipinski definition) is 6. The van der Waals surface area contributed by atoms with Crippen LogP contribution in [0.3, 0.4) is 0 Å². The summed E-state index contributed by atoms with van der Waals surface area (Å²) in [6, 6.07) is 9.80. The summed E-state index contributed by atoms with van der Waals surface area (Å²) in [5.41, 5.74) is 1.000. The number of nitrogens with zero attached hydrogens (tertiary/aromatic N) is 3. The van der Waals surface area contributed by atoms with E-state index in [1.807, 2.05) is 35.2 Å². The highest BCUT2D eigenvalue weighted by Crippen LogP contribution is 2.26. The number of piperidine rings is 1. The van der Waals surface area contributed by atoms with Crippen molar-refractivity contribution in [2.75, 3.05) is 18.8 Å². The van der Waals surface area contributed by atoms with Gasteiger partial charge in [0.05, 0.1) is 16.9 Å². The summed E-state index contributed by atoms with van der Waals surface area (Å²) in [7, 11) is -3.13. The van der Waals surface area contributed by atoms with Gasteiger partial charge in [0.15, 0.2) is 9.84 Å². The van der Waals surface area contributed by atoms with Crippen LogP contribution < -0.4 is 0 Å². The summed E-state index contributed by atoms with van der Waals surface area (Å²) in [5, 5.41) is 9.87. The highest BCUT2D eigenvalue weighted by molar-refractivity contribution is 7.92. The van der Waals surface area contributed by atoms with Gasteiger partial charge in [0.25, 0.3) is 0 Å². The van der Waals surface area contributed by atoms with Crippen LogP contribution in [-0.2, 0) is 21.1 Å². The van der Waals surface area contributed by atoms with Gasteiger partial charge in [-0.05, 0) is 39.5 Å². The molecule has 2 aromatic rings. The van der Waals surface area contributed by atoms with Gasteiger partial charge < -0.3 is 4.90 Å². The molecule has 1 saturated heterocycles. The molecule has 1 fully saturated rings. The Labute approximate surface area is 170 Å². The molecule has 0 unspecified atom stereocenters. The average molecular weight is 422 g/mol. The second-order valence-electron chi connectivity index (χ2n) is 8.26. The lowest BCUT2D eigenvalue weighted by Gasteiger charge is -2.33. The Bertz CT molecular complexity index is 910. The third-order valence-electron chi connectivity index (χ3n) is 5.15. The van der Waals surface area contributed by atoms with E-state index in [0.717, 1.165) is 23.4 Å². The monoisotopic (exact) mass is 421 g/mol. The molecule has 0 radical (unpaired) electrons. The van der Waals surface area contributed by atoms with Crippen LogP contribution in [0.5, 0.6) is 0 Å². The van der Waals surface area contributed by atoms with E-state index >= 15 is 0 Å². The molecule has 1 aliphatic rings. The Balaban J connectivity index is 1.53. The first-order valence-electron chi connectivity index (χ1n) is 9.53. The fourth-order valence-corrected chi connectivity index (χ4v) is 5.46. The highest BCUT2D eigenvalue weighted by atomic mass is 32.2. The maximum Gasteiger partial charge on any atom is 0.229 e. The molecular weight excluding hydrogens is 394 g/mol. The molecule has 8 heteroatoms. The zero-order chi connectivity index (χ0) is 20.4. The molecule has 1 amide bonds. The van der Waals surface area contributed by atoms with Crippen LogP contribution in [0.4, 0.5) is 0 Å². The number of rotatable bonds is 5. The number of benzene rings is 1. The minimum atomic E-state index is -3.13. The van der Waals surface area contributed by atoms with Crippen LogP contribution in [0.1, 0.15) is 38.6 Å². The lowest BCUT2D eigenvalue weighted by molar-refractivity contribution is -0.131. The second kappa shape index (κ2) is 8.29. The maximum atomic E-state index is 12.6. The van der Waals surface area contributed by atoms with E-state index in [1.165, 1.54) is 11.3 Å². The van der Waals surface area contributed by atoms with E-state index in [-0.39, 0.29) is 24.0 Å². The van der Waals surface area contributed by atoms with Crippen molar-refractivity contribution in [2.45, 2.75) is 44.8 Å². The largest absolute Gasteiger partial charge is 0.342 e. The first kappa shape index (κ1) is 20.9. The fourth-order valence-electron chi connectivity index (χ4n) is 3.17. The van der Waals surface area contributed by atoms with E-state index in [2.05, 4.69) is 10.2 Å². The van der Waals surface area contributed by atoms with Crippen molar-refractivity contribution in [3.8, 4) is 10.6 Å². The maximum absolute atomic E-state index is 12.6. The molecule has 0 N–H and O–H groups in total. The number of sulfone groups is 1. The predicted molar refractivity (Wildman–Crippen MR) is 112 cm³/mol. The average Bonchev–Trinajstić information content (AvgIpc) is 3.10. The van der Waals surface area contributed by atoms with E-state index in [4.69, 9.17) is 0 Å². The summed E-state index contributed by atoms with van der Waals surface area (Å²) in [6.07, 6.45) is 1.70. The molecule has 6 nitrogen and oxygen atoms in total. The number of carbonyl (C=O) groups is 1. The molecule has 0 bridgehead atoms. The van der Waals surface area contributed by atoms with Crippen molar-refractivity contribution in [1.82, 2.24) is 15.1 Å². The van der Waals surface area contributed by atoms with E-state index < -0.39 is 14.6 Å². The molecule has 0 saturated carbocycles. The van der Waals surface area contributed by atoms with Crippen LogP contribution in [-0.4, -0.2) is 53.0 Å². The van der Waals surface area contributed by atoms with Gasteiger partial charge in [0.1, 0.15) is 10.0 Å². The standard InChI is InChI=1S/C20H27N3O3S2/c1-20(2,3)28(25,26)14-15-9-11-23(12-10-15)18(24)13-17-21-22-19(27-17)16-7-5-4-6-8-16/h4-8,15H,9-14H2,1-3H3. The normalized spacial score (nSPS) is 16.3. The van der Waals surface area contributed by atoms with Gasteiger partial charge in [0.2, 0.25) is 5.91 Å². The Hall–Kier alpha value is -1.80. The fraction of sp³-hybridized carbons (Fsp3) is 0.550. The van der Waals surface area contributed by atoms with Crippen LogP contribution in [0.25, 0.3) is 10.6 Å². The highest BCUT2D eigenvalue weighted by Gasteiger charge is 2.33. The van der Waals surface area contributed by atoms with Gasteiger partial charge in [-0.15, -0.1) is 10.2 Å². The molecule has 28 heavy (non-hydrogen) atoms. The summed E-state index contributed by atoms with van der Waals surface area (Å²) in [5.74, 6) is 0.363. The second-order valence-corrected chi connectivity index (χ2v) is 12.1. The molecule has 0 spiro atoms. The molecule has 152 valence electrons. The van der Waals surface area contributed by atoms with Crippen molar-refractivity contribution in [3.05, 3.63) is 35.3 Å². The van der Waals surface area contributed by atoms with Crippen LogP contribution in [0.15, 0.2) is 30.3 Å². The number of likely N-dealkylation sites (tertiary alicyclic amines) is 1. The van der Waals surface area contributed by atoms with Gasteiger partial charge in [-0.3, -0.25) is 4.79 Å². The Morgan fingerprint density at radius 3 is 2.39 bits per heavy atom. The molecule has 1 aliphatic heterocycles. The molecule has 0 atom stereocenters. The quantitative estimate of drug-likeness (QED) is 0.741. The molecular formula is C20H27N3O3S2. The van der Waals surface area contributed by atoms with E-state index in [9.17, 15) is 13.2 Å². The van der Waals surface area contributed by atoms with Gasteiger partial charge in [-0.1, -0.05) is 41.7 Å². The Morgan fingerprint density at radius 2 is 1.79 bits per heavy atom. The topological polar surface area (TPSA) is 80.2 Å². The van der Waals surface area contributed by atoms with Gasteiger partial charge >= 0.3 is 0 Å². The summed E-state index contributed by atoms with van der Waals surface area (Å²) < 4.78 is 24.1. The first-order chi connectivity index (χ1) is 13.2. The minimum Gasteiger partial charge on any atom is -0.342 e. The number of hydrogen-bond donors (Lipinski definition) is 0. The first-order valence-corrected chi connectivity index (χ1v) is 12.0. The summed E-state index contributed by atoms with van der Waals surface area (Å²) >= 11 is 1.44. The summed E-state index contributed by atoms with van der Waals surface area (Å²) in [4.78, 5) is 14.4. The van der Waals surface area contributed by atoms with E-state index in [1.54, 1.807) is 20.8 Å². The van der Waals surface area contributed by atoms with Crippen molar-refractivity contribution in [3.63, 3.8) is 0 Å². The lowest BCUT2D eigenvalue weighted by atomic mass is 9.99. The predicted octanol–water partition coefficient (Wildman–Crippen LogP) is 3.20. The Morgan fingerprint density at radius 1 is 1.14 bits per heavy atom. The van der Waals surface area contributed by atoms with Crippen LogP contribution in [0.2, 0.25) is 0 Å².